The van der Waals surface area contributed by atoms with Crippen LogP contribution in [0.2, 0.25) is 0 Å². The maximum absolute atomic E-state index is 11.4. The molecular formula is C13H10N2O4. The molecule has 0 saturated heterocycles. The smallest absolute Gasteiger partial charge is 0.401 e. The van der Waals surface area contributed by atoms with E-state index in [1.165, 1.54) is 18.2 Å². The van der Waals surface area contributed by atoms with E-state index in [1.54, 1.807) is 30.3 Å². The first-order valence-corrected chi connectivity index (χ1v) is 5.39. The maximum Gasteiger partial charge on any atom is 0.433 e. The average molecular weight is 258 g/mol. The molecule has 0 saturated carbocycles. The van der Waals surface area contributed by atoms with E-state index in [2.05, 4.69) is 0 Å². The van der Waals surface area contributed by atoms with Gasteiger partial charge in [0.1, 0.15) is 10.7 Å². The monoisotopic (exact) mass is 258 g/mol. The number of carbonyl (C=O) groups is 1. The Morgan fingerprint density at radius 1 is 1.21 bits per heavy atom. The van der Waals surface area contributed by atoms with E-state index in [-0.39, 0.29) is 17.2 Å². The van der Waals surface area contributed by atoms with E-state index in [0.717, 1.165) is 0 Å². The van der Waals surface area contributed by atoms with Crippen LogP contribution in [0.15, 0.2) is 46.9 Å². The number of hydrogen-bond acceptors (Lipinski definition) is 4. The van der Waals surface area contributed by atoms with Gasteiger partial charge in [0.2, 0.25) is 5.91 Å². The van der Waals surface area contributed by atoms with E-state index in [1.807, 2.05) is 0 Å². The molecular weight excluding hydrogens is 248 g/mol. The summed E-state index contributed by atoms with van der Waals surface area (Å²) in [6.07, 6.45) is 1.38. The highest BCUT2D eigenvalue weighted by molar-refractivity contribution is 6.23. The number of primary amides is 1. The van der Waals surface area contributed by atoms with Crippen molar-refractivity contribution in [1.29, 1.82) is 0 Å². The number of nitro groups is 1. The van der Waals surface area contributed by atoms with E-state index >= 15 is 0 Å². The average Bonchev–Trinajstić information content (AvgIpc) is 2.85. The van der Waals surface area contributed by atoms with Crippen molar-refractivity contribution in [3.8, 4) is 0 Å². The summed E-state index contributed by atoms with van der Waals surface area (Å²) in [5, 5.41) is 10.5. The van der Waals surface area contributed by atoms with Gasteiger partial charge in [-0.15, -0.1) is 0 Å². The highest BCUT2D eigenvalue weighted by atomic mass is 16.6. The highest BCUT2D eigenvalue weighted by Crippen LogP contribution is 2.22. The van der Waals surface area contributed by atoms with Crippen LogP contribution in [-0.4, -0.2) is 10.8 Å². The fraction of sp³-hybridized carbons (Fsp3) is 0. The number of nitrogens with zero attached hydrogens (tertiary/aromatic N) is 1. The third kappa shape index (κ3) is 2.86. The lowest BCUT2D eigenvalue weighted by molar-refractivity contribution is -0.402. The van der Waals surface area contributed by atoms with E-state index in [9.17, 15) is 14.9 Å². The van der Waals surface area contributed by atoms with Crippen LogP contribution < -0.4 is 5.73 Å². The molecule has 1 heterocycles. The molecule has 2 N–H and O–H groups in total. The fourth-order valence-corrected chi connectivity index (χ4v) is 1.57. The molecule has 1 aromatic carbocycles. The summed E-state index contributed by atoms with van der Waals surface area (Å²) >= 11 is 0. The Bertz CT molecular complexity index is 644. The normalized spacial score (nSPS) is 11.3. The molecule has 6 heteroatoms. The zero-order valence-electron chi connectivity index (χ0n) is 9.78. The predicted octanol–water partition coefficient (Wildman–Crippen LogP) is 2.21. The Morgan fingerprint density at radius 2 is 1.89 bits per heavy atom. The second-order valence-corrected chi connectivity index (χ2v) is 3.72. The van der Waals surface area contributed by atoms with Crippen LogP contribution in [0.5, 0.6) is 0 Å². The summed E-state index contributed by atoms with van der Waals surface area (Å²) in [6, 6.07) is 11.4. The van der Waals surface area contributed by atoms with Crippen LogP contribution in [0, 0.1) is 10.1 Å². The Hall–Kier alpha value is -2.89. The van der Waals surface area contributed by atoms with Crippen molar-refractivity contribution < 1.29 is 14.1 Å². The molecule has 0 atom stereocenters. The lowest BCUT2D eigenvalue weighted by Gasteiger charge is -2.02. The lowest BCUT2D eigenvalue weighted by Crippen LogP contribution is -2.12. The summed E-state index contributed by atoms with van der Waals surface area (Å²) in [5.41, 5.74) is 6.15. The molecule has 0 aliphatic rings. The molecule has 96 valence electrons. The Morgan fingerprint density at radius 3 is 2.42 bits per heavy atom. The van der Waals surface area contributed by atoms with Gasteiger partial charge in [0.15, 0.2) is 0 Å². The van der Waals surface area contributed by atoms with Crippen molar-refractivity contribution in [2.24, 2.45) is 5.73 Å². The molecule has 1 amide bonds. The van der Waals surface area contributed by atoms with Gasteiger partial charge in [-0.1, -0.05) is 30.3 Å². The number of benzene rings is 1. The van der Waals surface area contributed by atoms with Gasteiger partial charge in [-0.3, -0.25) is 14.9 Å². The van der Waals surface area contributed by atoms with Crippen molar-refractivity contribution in [2.75, 3.05) is 0 Å². The van der Waals surface area contributed by atoms with Crippen LogP contribution in [0.4, 0.5) is 5.88 Å². The molecule has 0 radical (unpaired) electrons. The first-order valence-electron chi connectivity index (χ1n) is 5.39. The topological polar surface area (TPSA) is 99.4 Å². The molecule has 0 bridgehead atoms. The summed E-state index contributed by atoms with van der Waals surface area (Å²) in [7, 11) is 0. The molecule has 0 aliphatic carbocycles. The standard InChI is InChI=1S/C13H10N2O4/c14-13(16)11(9-4-2-1-3-5-9)8-10-6-7-12(19-10)15(17)18/h1-8H,(H2,14,16). The van der Waals surface area contributed by atoms with Gasteiger partial charge in [0.05, 0.1) is 11.6 Å². The van der Waals surface area contributed by atoms with Crippen LogP contribution in [0.1, 0.15) is 11.3 Å². The fourth-order valence-electron chi connectivity index (χ4n) is 1.57. The minimum absolute atomic E-state index is 0.198. The number of hydrogen-bond donors (Lipinski definition) is 1. The zero-order valence-corrected chi connectivity index (χ0v) is 9.78. The minimum atomic E-state index is -0.649. The Labute approximate surface area is 108 Å². The third-order valence-corrected chi connectivity index (χ3v) is 2.43. The summed E-state index contributed by atoms with van der Waals surface area (Å²) in [6.45, 7) is 0. The van der Waals surface area contributed by atoms with Crippen LogP contribution in [-0.2, 0) is 4.79 Å². The van der Waals surface area contributed by atoms with Gasteiger partial charge in [-0.2, -0.15) is 0 Å². The number of furan rings is 1. The Balaban J connectivity index is 2.41. The van der Waals surface area contributed by atoms with Crippen molar-refractivity contribution in [2.45, 2.75) is 0 Å². The SMILES string of the molecule is NC(=O)C(=Cc1ccc([N+](=O)[O-])o1)c1ccccc1. The largest absolute Gasteiger partial charge is 0.433 e. The first-order chi connectivity index (χ1) is 9.08. The molecule has 2 rings (SSSR count). The highest BCUT2D eigenvalue weighted by Gasteiger charge is 2.13. The van der Waals surface area contributed by atoms with Crippen LogP contribution in [0.3, 0.4) is 0 Å². The minimum Gasteiger partial charge on any atom is -0.401 e. The molecule has 6 nitrogen and oxygen atoms in total. The lowest BCUT2D eigenvalue weighted by atomic mass is 10.0. The number of rotatable bonds is 4. The number of nitrogens with two attached hydrogens (primary N) is 1. The zero-order chi connectivity index (χ0) is 13.8. The van der Waals surface area contributed by atoms with E-state index < -0.39 is 10.8 Å². The second-order valence-electron chi connectivity index (χ2n) is 3.72. The first kappa shape index (κ1) is 12.6. The van der Waals surface area contributed by atoms with Crippen LogP contribution in [0.25, 0.3) is 11.6 Å². The van der Waals surface area contributed by atoms with Gasteiger partial charge in [0, 0.05) is 0 Å². The molecule has 2 aromatic rings. The van der Waals surface area contributed by atoms with Crippen molar-refractivity contribution >= 4 is 23.4 Å². The second kappa shape index (κ2) is 5.18. The summed E-state index contributed by atoms with van der Waals surface area (Å²) < 4.78 is 4.96. The van der Waals surface area contributed by atoms with Gasteiger partial charge in [0.25, 0.3) is 0 Å². The summed E-state index contributed by atoms with van der Waals surface area (Å²) in [5.74, 6) is -0.822. The molecule has 0 aliphatic heterocycles. The molecule has 1 aromatic heterocycles. The van der Waals surface area contributed by atoms with Gasteiger partial charge in [-0.05, 0) is 17.7 Å². The summed E-state index contributed by atoms with van der Waals surface area (Å²) in [4.78, 5) is 21.3. The molecule has 0 fully saturated rings. The quantitative estimate of drug-likeness (QED) is 0.516. The van der Waals surface area contributed by atoms with Gasteiger partial charge < -0.3 is 10.2 Å². The third-order valence-electron chi connectivity index (χ3n) is 2.43. The van der Waals surface area contributed by atoms with Crippen molar-refractivity contribution in [3.63, 3.8) is 0 Å². The van der Waals surface area contributed by atoms with Crippen molar-refractivity contribution in [3.05, 3.63) is 63.9 Å². The Kier molecular flexibility index (Phi) is 3.42. The molecule has 0 spiro atoms. The number of carbonyl (C=O) groups excluding carboxylic acids is 1. The maximum atomic E-state index is 11.4. The van der Waals surface area contributed by atoms with E-state index in [4.69, 9.17) is 10.2 Å². The van der Waals surface area contributed by atoms with Gasteiger partial charge in [-0.25, -0.2) is 0 Å². The molecule has 19 heavy (non-hydrogen) atoms. The van der Waals surface area contributed by atoms with Crippen molar-refractivity contribution in [1.82, 2.24) is 0 Å². The van der Waals surface area contributed by atoms with E-state index in [0.29, 0.717) is 5.56 Å². The number of amides is 1. The van der Waals surface area contributed by atoms with Gasteiger partial charge >= 0.3 is 5.88 Å². The van der Waals surface area contributed by atoms with Crippen LogP contribution >= 0.6 is 0 Å². The predicted molar refractivity (Wildman–Crippen MR) is 68.9 cm³/mol. The molecule has 0 unspecified atom stereocenters.